The maximum Gasteiger partial charge on any atom is 0.257 e. The van der Waals surface area contributed by atoms with E-state index < -0.39 is 0 Å². The van der Waals surface area contributed by atoms with Crippen LogP contribution in [0.25, 0.3) is 5.69 Å². The largest absolute Gasteiger partial charge is 0.339 e. The first kappa shape index (κ1) is 17.7. The lowest BCUT2D eigenvalue weighted by molar-refractivity contribution is 0.0722. The zero-order valence-electron chi connectivity index (χ0n) is 15.9. The zero-order valence-corrected chi connectivity index (χ0v) is 15.9. The molecule has 2 aromatic rings. The maximum atomic E-state index is 13.2. The van der Waals surface area contributed by atoms with Gasteiger partial charge < -0.3 is 4.90 Å². The molecule has 1 amide bonds. The van der Waals surface area contributed by atoms with Crippen molar-refractivity contribution in [2.75, 3.05) is 13.1 Å². The number of aromatic nitrogens is 2. The summed E-state index contributed by atoms with van der Waals surface area (Å²) in [4.78, 5) is 15.2. The maximum absolute atomic E-state index is 13.2. The molecule has 1 saturated heterocycles. The Morgan fingerprint density at radius 1 is 1.16 bits per heavy atom. The summed E-state index contributed by atoms with van der Waals surface area (Å²) >= 11 is 0. The van der Waals surface area contributed by atoms with Crippen LogP contribution in [0.1, 0.15) is 60.4 Å². The van der Waals surface area contributed by atoms with E-state index in [1.807, 2.05) is 22.6 Å². The molecule has 4 heteroatoms. The molecule has 1 aromatic heterocycles. The average Bonchev–Trinajstić information content (AvgIpc) is 2.90. The third kappa shape index (κ3) is 3.78. The van der Waals surface area contributed by atoms with Gasteiger partial charge in [0.1, 0.15) is 0 Å². The van der Waals surface area contributed by atoms with E-state index >= 15 is 0 Å². The van der Waals surface area contributed by atoms with Crippen molar-refractivity contribution in [1.82, 2.24) is 14.7 Å². The molecular weight excluding hydrogens is 310 g/mol. The van der Waals surface area contributed by atoms with Gasteiger partial charge >= 0.3 is 0 Å². The van der Waals surface area contributed by atoms with Gasteiger partial charge in [0.15, 0.2) is 0 Å². The second kappa shape index (κ2) is 7.42. The molecule has 0 radical (unpaired) electrons. The number of aryl methyl sites for hydroxylation is 1. The first-order valence-corrected chi connectivity index (χ1v) is 9.42. The first-order valence-electron chi connectivity index (χ1n) is 9.42. The molecular formula is C21H29N3O. The van der Waals surface area contributed by atoms with Gasteiger partial charge in [0, 0.05) is 13.1 Å². The van der Waals surface area contributed by atoms with Gasteiger partial charge in [0.2, 0.25) is 0 Å². The quantitative estimate of drug-likeness (QED) is 0.832. The zero-order chi connectivity index (χ0) is 18.0. The Balaban J connectivity index is 2.04. The van der Waals surface area contributed by atoms with Crippen LogP contribution >= 0.6 is 0 Å². The van der Waals surface area contributed by atoms with Gasteiger partial charge in [-0.15, -0.1) is 0 Å². The molecule has 1 aliphatic heterocycles. The smallest absolute Gasteiger partial charge is 0.257 e. The molecule has 0 bridgehead atoms. The lowest BCUT2D eigenvalue weighted by atomic mass is 10.0. The summed E-state index contributed by atoms with van der Waals surface area (Å²) in [6.45, 7) is 10.2. The number of likely N-dealkylation sites (tertiary alicyclic amines) is 1. The predicted molar refractivity (Wildman–Crippen MR) is 101 cm³/mol. The van der Waals surface area contributed by atoms with E-state index in [4.69, 9.17) is 5.10 Å². The number of carbonyl (C=O) groups excluding carboxylic acids is 1. The summed E-state index contributed by atoms with van der Waals surface area (Å²) in [5.41, 5.74) is 4.93. The van der Waals surface area contributed by atoms with E-state index in [1.54, 1.807) is 0 Å². The van der Waals surface area contributed by atoms with Gasteiger partial charge in [0.05, 0.1) is 22.6 Å². The van der Waals surface area contributed by atoms with E-state index in [0.717, 1.165) is 55.0 Å². The molecule has 1 fully saturated rings. The SMILES string of the molecule is Cc1cccc(-n2nc(CC(C)C)c(C(=O)N3CCCCC3)c2C)c1. The van der Waals surface area contributed by atoms with Crippen LogP contribution in [0.2, 0.25) is 0 Å². The second-order valence-corrected chi connectivity index (χ2v) is 7.61. The summed E-state index contributed by atoms with van der Waals surface area (Å²) in [6.07, 6.45) is 4.27. The van der Waals surface area contributed by atoms with E-state index in [0.29, 0.717) is 5.92 Å². The van der Waals surface area contributed by atoms with Crippen LogP contribution in [-0.4, -0.2) is 33.7 Å². The number of rotatable bonds is 4. The fourth-order valence-corrected chi connectivity index (χ4v) is 3.63. The molecule has 0 N–H and O–H groups in total. The molecule has 0 aliphatic carbocycles. The van der Waals surface area contributed by atoms with Crippen LogP contribution < -0.4 is 0 Å². The number of benzene rings is 1. The normalized spacial score (nSPS) is 15.0. The Kier molecular flexibility index (Phi) is 5.26. The van der Waals surface area contributed by atoms with Crippen LogP contribution in [-0.2, 0) is 6.42 Å². The van der Waals surface area contributed by atoms with Crippen molar-refractivity contribution in [3.63, 3.8) is 0 Å². The number of amides is 1. The molecule has 25 heavy (non-hydrogen) atoms. The summed E-state index contributed by atoms with van der Waals surface area (Å²) in [7, 11) is 0. The molecule has 3 rings (SSSR count). The number of nitrogens with zero attached hydrogens (tertiary/aromatic N) is 3. The minimum absolute atomic E-state index is 0.159. The van der Waals surface area contributed by atoms with Crippen LogP contribution in [0.5, 0.6) is 0 Å². The fourth-order valence-electron chi connectivity index (χ4n) is 3.63. The summed E-state index contributed by atoms with van der Waals surface area (Å²) in [6, 6.07) is 8.30. The minimum atomic E-state index is 0.159. The molecule has 0 atom stereocenters. The van der Waals surface area contributed by atoms with Crippen molar-refractivity contribution in [1.29, 1.82) is 0 Å². The van der Waals surface area contributed by atoms with Crippen molar-refractivity contribution in [2.24, 2.45) is 5.92 Å². The van der Waals surface area contributed by atoms with Crippen LogP contribution in [0.4, 0.5) is 0 Å². The molecule has 0 saturated carbocycles. The van der Waals surface area contributed by atoms with Crippen molar-refractivity contribution in [3.05, 3.63) is 46.8 Å². The van der Waals surface area contributed by atoms with Gasteiger partial charge in [-0.1, -0.05) is 26.0 Å². The van der Waals surface area contributed by atoms with E-state index in [1.165, 1.54) is 12.0 Å². The number of hydrogen-bond donors (Lipinski definition) is 0. The van der Waals surface area contributed by atoms with Gasteiger partial charge in [-0.3, -0.25) is 4.79 Å². The molecule has 0 spiro atoms. The lowest BCUT2D eigenvalue weighted by Crippen LogP contribution is -2.36. The monoisotopic (exact) mass is 339 g/mol. The Hall–Kier alpha value is -2.10. The highest BCUT2D eigenvalue weighted by Gasteiger charge is 2.27. The predicted octanol–water partition coefficient (Wildman–Crippen LogP) is 4.31. The van der Waals surface area contributed by atoms with E-state index in [2.05, 4.69) is 39.0 Å². The van der Waals surface area contributed by atoms with Gasteiger partial charge in [-0.2, -0.15) is 5.10 Å². The van der Waals surface area contributed by atoms with Crippen molar-refractivity contribution in [2.45, 2.75) is 53.4 Å². The highest BCUT2D eigenvalue weighted by molar-refractivity contribution is 5.96. The highest BCUT2D eigenvalue weighted by atomic mass is 16.2. The Bertz CT molecular complexity index is 754. The van der Waals surface area contributed by atoms with E-state index in [9.17, 15) is 4.79 Å². The number of piperidine rings is 1. The minimum Gasteiger partial charge on any atom is -0.339 e. The standard InChI is InChI=1S/C21H29N3O/c1-15(2)13-19-20(21(25)23-11-6-5-7-12-23)17(4)24(22-19)18-10-8-9-16(3)14-18/h8-10,14-15H,5-7,11-13H2,1-4H3. The van der Waals surface area contributed by atoms with Crippen LogP contribution in [0, 0.1) is 19.8 Å². The van der Waals surface area contributed by atoms with Gasteiger partial charge in [-0.05, 0) is 63.1 Å². The molecule has 1 aliphatic rings. The molecule has 134 valence electrons. The summed E-state index contributed by atoms with van der Waals surface area (Å²) in [5, 5.41) is 4.85. The van der Waals surface area contributed by atoms with E-state index in [-0.39, 0.29) is 5.91 Å². The highest BCUT2D eigenvalue weighted by Crippen LogP contribution is 2.24. The van der Waals surface area contributed by atoms with Crippen LogP contribution in [0.3, 0.4) is 0 Å². The van der Waals surface area contributed by atoms with Gasteiger partial charge in [0.25, 0.3) is 5.91 Å². The summed E-state index contributed by atoms with van der Waals surface area (Å²) < 4.78 is 1.95. The third-order valence-corrected chi connectivity index (χ3v) is 4.89. The Morgan fingerprint density at radius 3 is 2.52 bits per heavy atom. The first-order chi connectivity index (χ1) is 12.0. The molecule has 2 heterocycles. The van der Waals surface area contributed by atoms with Gasteiger partial charge in [-0.25, -0.2) is 4.68 Å². The topological polar surface area (TPSA) is 38.1 Å². The molecule has 1 aromatic carbocycles. The Morgan fingerprint density at radius 2 is 1.88 bits per heavy atom. The average molecular weight is 339 g/mol. The fraction of sp³-hybridized carbons (Fsp3) is 0.524. The molecule has 4 nitrogen and oxygen atoms in total. The van der Waals surface area contributed by atoms with Crippen LogP contribution in [0.15, 0.2) is 24.3 Å². The second-order valence-electron chi connectivity index (χ2n) is 7.61. The number of carbonyl (C=O) groups is 1. The molecule has 0 unspecified atom stereocenters. The Labute approximate surface area is 150 Å². The third-order valence-electron chi connectivity index (χ3n) is 4.89. The van der Waals surface area contributed by atoms with Crippen molar-refractivity contribution in [3.8, 4) is 5.69 Å². The summed E-state index contributed by atoms with van der Waals surface area (Å²) in [5.74, 6) is 0.625. The number of hydrogen-bond acceptors (Lipinski definition) is 2. The van der Waals surface area contributed by atoms with Crippen molar-refractivity contribution >= 4 is 5.91 Å². The lowest BCUT2D eigenvalue weighted by Gasteiger charge is -2.27. The van der Waals surface area contributed by atoms with Crippen molar-refractivity contribution < 1.29 is 4.79 Å².